The van der Waals surface area contributed by atoms with E-state index in [-0.39, 0.29) is 78.3 Å². The predicted octanol–water partition coefficient (Wildman–Crippen LogP) is 4.18. The van der Waals surface area contributed by atoms with Gasteiger partial charge in [0.15, 0.2) is 0 Å². The Morgan fingerprint density at radius 2 is 1.04 bits per heavy atom. The average Bonchev–Trinajstić information content (AvgIpc) is 3.89. The van der Waals surface area contributed by atoms with Crippen LogP contribution in [0.2, 0.25) is 0 Å². The number of nitrogens with zero attached hydrogens (tertiary/aromatic N) is 8. The molecule has 4 amide bonds. The van der Waals surface area contributed by atoms with Gasteiger partial charge in [0, 0.05) is 25.2 Å². The van der Waals surface area contributed by atoms with Crippen molar-refractivity contribution < 1.29 is 38.2 Å². The van der Waals surface area contributed by atoms with E-state index in [4.69, 9.17) is 9.47 Å². The molecule has 0 fully saturated rings. The molecule has 0 saturated carbocycles. The van der Waals surface area contributed by atoms with Gasteiger partial charge in [0.1, 0.15) is 47.9 Å². The molecule has 4 aromatic rings. The predicted molar refractivity (Wildman–Crippen MR) is 203 cm³/mol. The Morgan fingerprint density at radius 1 is 0.667 bits per heavy atom. The van der Waals surface area contributed by atoms with Gasteiger partial charge in [0.25, 0.3) is 29.0 Å². The lowest BCUT2D eigenvalue weighted by atomic mass is 9.84. The minimum atomic E-state index is -2.49. The Hall–Kier alpha value is -7.28. The Kier molecular flexibility index (Phi) is 9.84. The van der Waals surface area contributed by atoms with E-state index < -0.39 is 41.0 Å². The molecule has 0 spiro atoms. The number of hydrogen-bond acceptors (Lipinski definition) is 16. The van der Waals surface area contributed by atoms with Crippen molar-refractivity contribution in [3.05, 3.63) is 105 Å². The summed E-state index contributed by atoms with van der Waals surface area (Å²) in [6, 6.07) is 21.0. The molecule has 0 saturated heterocycles. The summed E-state index contributed by atoms with van der Waals surface area (Å²) in [6.07, 6.45) is 0. The Morgan fingerprint density at radius 3 is 1.39 bits per heavy atom. The van der Waals surface area contributed by atoms with Gasteiger partial charge in [-0.2, -0.15) is 10.5 Å². The first-order valence-corrected chi connectivity index (χ1v) is 18.5. The summed E-state index contributed by atoms with van der Waals surface area (Å²) >= 11 is 1.76. The number of carbonyl (C=O) groups excluding carboxylic acids is 6. The van der Waals surface area contributed by atoms with Crippen molar-refractivity contribution in [2.45, 2.75) is 32.5 Å². The molecule has 57 heavy (non-hydrogen) atoms. The van der Waals surface area contributed by atoms with Crippen LogP contribution in [0.25, 0.3) is 9.75 Å². The molecule has 0 unspecified atom stereocenters. The summed E-state index contributed by atoms with van der Waals surface area (Å²) in [7, 11) is 2.41. The standard InChI is InChI=1S/C39H26N8O8S2/c1-19-23(15-40)31(48)46(3)33(50)25(19)42-37-44-29-27(56-37)28-30(45-38(57-28)43-26-20(2)24(16-41)32(49)47(4)34(26)51)39(29,35(52)54-17-21-11-7-5-8-12-21)36(53)55-18-22-13-9-6-10-14-22/h5-14H,17-18H2,1-4H3. The van der Waals surface area contributed by atoms with Crippen LogP contribution >= 0.6 is 22.7 Å². The zero-order chi connectivity index (χ0) is 40.8. The highest BCUT2D eigenvalue weighted by molar-refractivity contribution is 7.25. The van der Waals surface area contributed by atoms with Gasteiger partial charge in [-0.25, -0.2) is 29.5 Å². The van der Waals surface area contributed by atoms with Crippen molar-refractivity contribution in [2.75, 3.05) is 14.1 Å². The first-order valence-electron chi connectivity index (χ1n) is 16.8. The number of thiazole rings is 2. The number of aromatic nitrogens is 2. The molecule has 1 aliphatic carbocycles. The molecule has 16 nitrogen and oxygen atoms in total. The Labute approximate surface area is 331 Å². The molecular formula is C39H26N8O8S2. The number of esters is 2. The maximum atomic E-state index is 14.7. The van der Waals surface area contributed by atoms with Gasteiger partial charge in [0.05, 0.1) is 21.1 Å². The molecule has 7 rings (SSSR count). The smallest absolute Gasteiger partial charge is 0.336 e. The first-order chi connectivity index (χ1) is 27.3. The molecule has 3 aliphatic rings. The zero-order valence-electron chi connectivity index (χ0n) is 30.3. The van der Waals surface area contributed by atoms with Crippen LogP contribution in [0.15, 0.2) is 92.9 Å². The minimum absolute atomic E-state index is 0.00844. The van der Waals surface area contributed by atoms with Gasteiger partial charge in [-0.1, -0.05) is 83.3 Å². The highest BCUT2D eigenvalue weighted by atomic mass is 32.1. The summed E-state index contributed by atoms with van der Waals surface area (Å²) in [5, 5.41) is 19.1. The normalized spacial score (nSPS) is 17.5. The number of imide groups is 2. The quantitative estimate of drug-likeness (QED) is 0.139. The number of ether oxygens (including phenoxy) is 2. The van der Waals surface area contributed by atoms with Crippen LogP contribution in [-0.4, -0.2) is 80.9 Å². The third-order valence-electron chi connectivity index (χ3n) is 9.34. The van der Waals surface area contributed by atoms with Gasteiger partial charge in [-0.15, -0.1) is 0 Å². The van der Waals surface area contributed by atoms with E-state index in [1.54, 1.807) is 72.8 Å². The number of hydrogen-bond donors (Lipinski definition) is 0. The maximum Gasteiger partial charge on any atom is 0.336 e. The lowest BCUT2D eigenvalue weighted by molar-refractivity contribution is -0.164. The summed E-state index contributed by atoms with van der Waals surface area (Å²) in [4.78, 5) is 101. The molecule has 2 aliphatic heterocycles. The maximum absolute atomic E-state index is 14.7. The average molecular weight is 799 g/mol. The summed E-state index contributed by atoms with van der Waals surface area (Å²) in [5.74, 6) is -5.43. The molecular weight excluding hydrogens is 773 g/mol. The van der Waals surface area contributed by atoms with Crippen molar-refractivity contribution in [3.8, 4) is 21.9 Å². The molecule has 2 aromatic heterocycles. The van der Waals surface area contributed by atoms with E-state index in [0.717, 1.165) is 32.5 Å². The molecule has 0 bridgehead atoms. The number of aliphatic imine (C=N–C) groups is 2. The van der Waals surface area contributed by atoms with Crippen molar-refractivity contribution in [1.29, 1.82) is 10.5 Å². The molecule has 0 N–H and O–H groups in total. The second kappa shape index (κ2) is 14.8. The van der Waals surface area contributed by atoms with E-state index in [0.29, 0.717) is 11.1 Å². The van der Waals surface area contributed by atoms with Gasteiger partial charge in [0.2, 0.25) is 10.3 Å². The monoisotopic (exact) mass is 798 g/mol. The van der Waals surface area contributed by atoms with Crippen LogP contribution in [0.5, 0.6) is 0 Å². The SMILES string of the molecule is CC1=C(C#N)C(=O)N(C)C(=O)C1=Nc1nc2c(s1)-c1sc(N=C3C(=O)N(C)C(=O)C(C#N)=C3C)nc1C2(C(=O)OCc1ccccc1)C(=O)OCc1ccccc1. The largest absolute Gasteiger partial charge is 0.459 e. The summed E-state index contributed by atoms with van der Waals surface area (Å²) < 4.78 is 11.7. The van der Waals surface area contributed by atoms with E-state index in [1.807, 2.05) is 0 Å². The number of amides is 4. The van der Waals surface area contributed by atoms with Gasteiger partial charge in [-0.3, -0.25) is 29.0 Å². The van der Waals surface area contributed by atoms with Crippen LogP contribution in [0.4, 0.5) is 10.3 Å². The third-order valence-corrected chi connectivity index (χ3v) is 11.4. The van der Waals surface area contributed by atoms with E-state index in [9.17, 15) is 39.3 Å². The molecule has 4 heterocycles. The lowest BCUT2D eigenvalue weighted by Gasteiger charge is -2.24. The second-order valence-corrected chi connectivity index (χ2v) is 14.7. The summed E-state index contributed by atoms with van der Waals surface area (Å²) in [6.45, 7) is 2.27. The number of fused-ring (bicyclic) bond motifs is 3. The van der Waals surface area contributed by atoms with Gasteiger partial charge in [-0.05, 0) is 25.0 Å². The second-order valence-electron chi connectivity index (χ2n) is 12.7. The first kappa shape index (κ1) is 38.0. The lowest BCUT2D eigenvalue weighted by Crippen LogP contribution is -2.46. The molecule has 0 radical (unpaired) electrons. The zero-order valence-corrected chi connectivity index (χ0v) is 32.0. The highest BCUT2D eigenvalue weighted by Crippen LogP contribution is 2.57. The van der Waals surface area contributed by atoms with Gasteiger partial charge >= 0.3 is 11.9 Å². The van der Waals surface area contributed by atoms with E-state index >= 15 is 0 Å². The van der Waals surface area contributed by atoms with Crippen LogP contribution in [0, 0.1) is 22.7 Å². The number of benzene rings is 2. The van der Waals surface area contributed by atoms with Crippen LogP contribution in [0.1, 0.15) is 36.4 Å². The van der Waals surface area contributed by atoms with Crippen molar-refractivity contribution in [2.24, 2.45) is 9.98 Å². The van der Waals surface area contributed by atoms with Crippen LogP contribution in [-0.2, 0) is 56.9 Å². The van der Waals surface area contributed by atoms with Gasteiger partial charge < -0.3 is 9.47 Å². The molecule has 0 atom stereocenters. The van der Waals surface area contributed by atoms with E-state index in [1.165, 1.54) is 27.9 Å². The van der Waals surface area contributed by atoms with Crippen molar-refractivity contribution in [1.82, 2.24) is 19.8 Å². The topological polar surface area (TPSA) is 225 Å². The minimum Gasteiger partial charge on any atom is -0.459 e. The molecule has 2 aromatic carbocycles. The summed E-state index contributed by atoms with van der Waals surface area (Å²) in [5.41, 5.74) is -2.71. The van der Waals surface area contributed by atoms with Crippen molar-refractivity contribution in [3.63, 3.8) is 0 Å². The number of rotatable bonds is 8. The Bertz CT molecular complexity index is 2490. The fraction of sp³-hybridized carbons (Fsp3) is 0.179. The molecule has 282 valence electrons. The number of carbonyl (C=O) groups is 6. The fourth-order valence-corrected chi connectivity index (χ4v) is 8.34. The molecule has 18 heteroatoms. The Balaban J connectivity index is 1.44. The van der Waals surface area contributed by atoms with E-state index in [2.05, 4.69) is 20.0 Å². The highest BCUT2D eigenvalue weighted by Gasteiger charge is 2.63. The fourth-order valence-electron chi connectivity index (χ4n) is 6.21. The number of likely N-dealkylation sites (N-methyl/N-ethyl adjacent to an activating group) is 2. The van der Waals surface area contributed by atoms with Crippen molar-refractivity contribution >= 4 is 79.9 Å². The number of nitriles is 2. The van der Waals surface area contributed by atoms with Crippen LogP contribution in [0.3, 0.4) is 0 Å². The third kappa shape index (κ3) is 6.22. The van der Waals surface area contributed by atoms with Crippen LogP contribution < -0.4 is 0 Å².